The molecule has 0 aliphatic carbocycles. The third-order valence-electron chi connectivity index (χ3n) is 2.55. The Balaban J connectivity index is 2.10. The third-order valence-corrected chi connectivity index (χ3v) is 2.55. The highest BCUT2D eigenvalue weighted by Gasteiger charge is 2.11. The first-order valence-electron chi connectivity index (χ1n) is 5.47. The van der Waals surface area contributed by atoms with Crippen LogP contribution in [0.15, 0.2) is 28.8 Å². The van der Waals surface area contributed by atoms with Crippen LogP contribution in [0, 0.1) is 24.0 Å². The molecule has 0 fully saturated rings. The van der Waals surface area contributed by atoms with Gasteiger partial charge in [-0.2, -0.15) is 0 Å². The second-order valence-electron chi connectivity index (χ2n) is 4.05. The van der Waals surface area contributed by atoms with Gasteiger partial charge in [-0.15, -0.1) is 0 Å². The van der Waals surface area contributed by atoms with E-state index in [4.69, 9.17) is 4.52 Å². The van der Waals surface area contributed by atoms with Gasteiger partial charge in [0.2, 0.25) is 0 Å². The lowest BCUT2D eigenvalue weighted by Gasteiger charge is -2.04. The Kier molecular flexibility index (Phi) is 3.27. The van der Waals surface area contributed by atoms with Crippen molar-refractivity contribution in [3.8, 4) is 0 Å². The summed E-state index contributed by atoms with van der Waals surface area (Å²) in [6.45, 7) is 3.99. The number of anilines is 1. The SMILES string of the molecule is Cc1cc(CNc2ccc(C)c([N+](=O)[O-])c2)on1. The molecule has 0 aliphatic heterocycles. The number of nitrogens with zero attached hydrogens (tertiary/aromatic N) is 2. The molecule has 1 aromatic heterocycles. The van der Waals surface area contributed by atoms with E-state index in [2.05, 4.69) is 10.5 Å². The first kappa shape index (κ1) is 12.1. The Labute approximate surface area is 104 Å². The highest BCUT2D eigenvalue weighted by Crippen LogP contribution is 2.22. The van der Waals surface area contributed by atoms with Crippen molar-refractivity contribution in [3.63, 3.8) is 0 Å². The molecule has 0 bridgehead atoms. The molecule has 6 nitrogen and oxygen atoms in total. The largest absolute Gasteiger partial charge is 0.377 e. The maximum absolute atomic E-state index is 10.8. The van der Waals surface area contributed by atoms with E-state index >= 15 is 0 Å². The number of nitro benzene ring substituents is 1. The van der Waals surface area contributed by atoms with E-state index < -0.39 is 0 Å². The highest BCUT2D eigenvalue weighted by atomic mass is 16.6. The number of aromatic nitrogens is 1. The van der Waals surface area contributed by atoms with Gasteiger partial charge in [0.15, 0.2) is 5.76 Å². The Morgan fingerprint density at radius 2 is 2.17 bits per heavy atom. The predicted molar refractivity (Wildman–Crippen MR) is 66.4 cm³/mol. The minimum Gasteiger partial charge on any atom is -0.377 e. The average molecular weight is 247 g/mol. The van der Waals surface area contributed by atoms with E-state index in [1.165, 1.54) is 6.07 Å². The molecule has 2 rings (SSSR count). The number of aryl methyl sites for hydroxylation is 2. The van der Waals surface area contributed by atoms with E-state index in [9.17, 15) is 10.1 Å². The van der Waals surface area contributed by atoms with Crippen LogP contribution in [-0.4, -0.2) is 10.1 Å². The van der Waals surface area contributed by atoms with E-state index in [1.54, 1.807) is 19.1 Å². The fourth-order valence-corrected chi connectivity index (χ4v) is 1.60. The predicted octanol–water partition coefficient (Wildman–Crippen LogP) is 2.81. The van der Waals surface area contributed by atoms with Crippen LogP contribution in [0.1, 0.15) is 17.0 Å². The van der Waals surface area contributed by atoms with Crippen LogP contribution in [0.5, 0.6) is 0 Å². The van der Waals surface area contributed by atoms with E-state index in [1.807, 2.05) is 13.0 Å². The van der Waals surface area contributed by atoms with Gasteiger partial charge in [0.05, 0.1) is 17.2 Å². The molecule has 0 saturated heterocycles. The van der Waals surface area contributed by atoms with E-state index in [0.717, 1.165) is 5.69 Å². The first-order valence-corrected chi connectivity index (χ1v) is 5.47. The topological polar surface area (TPSA) is 81.2 Å². The van der Waals surface area contributed by atoms with Crippen LogP contribution < -0.4 is 5.32 Å². The van der Waals surface area contributed by atoms with Crippen LogP contribution in [0.25, 0.3) is 0 Å². The standard InChI is InChI=1S/C12H13N3O3/c1-8-3-4-10(6-12(8)15(16)17)13-7-11-5-9(2)14-18-11/h3-6,13H,7H2,1-2H3. The van der Waals surface area contributed by atoms with Crippen molar-refractivity contribution in [2.75, 3.05) is 5.32 Å². The summed E-state index contributed by atoms with van der Waals surface area (Å²) in [5.41, 5.74) is 2.23. The molecule has 1 heterocycles. The first-order chi connectivity index (χ1) is 8.56. The lowest BCUT2D eigenvalue weighted by Crippen LogP contribution is -2.00. The minimum absolute atomic E-state index is 0.105. The van der Waals surface area contributed by atoms with Crippen molar-refractivity contribution >= 4 is 11.4 Å². The molecule has 0 unspecified atom stereocenters. The fraction of sp³-hybridized carbons (Fsp3) is 0.250. The molecule has 1 N–H and O–H groups in total. The molecule has 18 heavy (non-hydrogen) atoms. The molecule has 0 amide bonds. The Hall–Kier alpha value is -2.37. The summed E-state index contributed by atoms with van der Waals surface area (Å²) in [5.74, 6) is 0.690. The Morgan fingerprint density at radius 1 is 1.39 bits per heavy atom. The quantitative estimate of drug-likeness (QED) is 0.663. The number of hydrogen-bond donors (Lipinski definition) is 1. The molecule has 0 aliphatic rings. The van der Waals surface area contributed by atoms with Crippen molar-refractivity contribution in [1.82, 2.24) is 5.16 Å². The summed E-state index contributed by atoms with van der Waals surface area (Å²) in [6.07, 6.45) is 0. The Morgan fingerprint density at radius 3 is 2.78 bits per heavy atom. The van der Waals surface area contributed by atoms with Gasteiger partial charge in [0.25, 0.3) is 5.69 Å². The maximum atomic E-state index is 10.8. The van der Waals surface area contributed by atoms with Crippen LogP contribution >= 0.6 is 0 Å². The normalized spacial score (nSPS) is 10.3. The van der Waals surface area contributed by atoms with E-state index in [0.29, 0.717) is 23.6 Å². The van der Waals surface area contributed by atoms with Gasteiger partial charge in [-0.1, -0.05) is 11.2 Å². The molecular formula is C12H13N3O3. The number of benzene rings is 1. The molecule has 0 atom stereocenters. The second kappa shape index (κ2) is 4.87. The number of hydrogen-bond acceptors (Lipinski definition) is 5. The summed E-state index contributed by atoms with van der Waals surface area (Å²) in [6, 6.07) is 6.84. The van der Waals surface area contributed by atoms with Gasteiger partial charge in [-0.3, -0.25) is 10.1 Å². The summed E-state index contributed by atoms with van der Waals surface area (Å²) < 4.78 is 5.04. The minimum atomic E-state index is -0.390. The number of nitrogens with one attached hydrogen (secondary N) is 1. The third kappa shape index (κ3) is 2.65. The molecule has 94 valence electrons. The molecule has 0 radical (unpaired) electrons. The summed E-state index contributed by atoms with van der Waals surface area (Å²) in [5, 5.41) is 17.6. The lowest BCUT2D eigenvalue weighted by molar-refractivity contribution is -0.385. The summed E-state index contributed by atoms with van der Waals surface area (Å²) in [4.78, 5) is 10.4. The second-order valence-corrected chi connectivity index (χ2v) is 4.05. The maximum Gasteiger partial charge on any atom is 0.274 e. The summed E-state index contributed by atoms with van der Waals surface area (Å²) >= 11 is 0. The van der Waals surface area contributed by atoms with Crippen molar-refractivity contribution < 1.29 is 9.45 Å². The van der Waals surface area contributed by atoms with Crippen LogP contribution in [-0.2, 0) is 6.54 Å². The van der Waals surface area contributed by atoms with Gasteiger partial charge in [0, 0.05) is 23.4 Å². The van der Waals surface area contributed by atoms with Crippen molar-refractivity contribution in [2.45, 2.75) is 20.4 Å². The lowest BCUT2D eigenvalue weighted by atomic mass is 10.2. The zero-order valence-corrected chi connectivity index (χ0v) is 10.1. The summed E-state index contributed by atoms with van der Waals surface area (Å²) in [7, 11) is 0. The molecule has 1 aromatic carbocycles. The van der Waals surface area contributed by atoms with Crippen molar-refractivity contribution in [1.29, 1.82) is 0 Å². The zero-order valence-electron chi connectivity index (χ0n) is 10.1. The zero-order chi connectivity index (χ0) is 13.1. The van der Waals surface area contributed by atoms with Gasteiger partial charge in [-0.05, 0) is 19.9 Å². The van der Waals surface area contributed by atoms with Gasteiger partial charge in [0.1, 0.15) is 0 Å². The van der Waals surface area contributed by atoms with Crippen molar-refractivity contribution in [2.24, 2.45) is 0 Å². The number of nitro groups is 1. The molecule has 0 saturated carbocycles. The number of rotatable bonds is 4. The molecule has 2 aromatic rings. The van der Waals surface area contributed by atoms with Gasteiger partial charge >= 0.3 is 0 Å². The smallest absolute Gasteiger partial charge is 0.274 e. The van der Waals surface area contributed by atoms with Crippen molar-refractivity contribution in [3.05, 3.63) is 51.4 Å². The highest BCUT2D eigenvalue weighted by molar-refractivity contribution is 5.54. The van der Waals surface area contributed by atoms with Crippen LogP contribution in [0.2, 0.25) is 0 Å². The molecule has 6 heteroatoms. The average Bonchev–Trinajstić information content (AvgIpc) is 2.74. The van der Waals surface area contributed by atoms with Gasteiger partial charge in [-0.25, -0.2) is 0 Å². The Bertz CT molecular complexity index is 578. The molecular weight excluding hydrogens is 234 g/mol. The fourth-order valence-electron chi connectivity index (χ4n) is 1.60. The van der Waals surface area contributed by atoms with Crippen LogP contribution in [0.3, 0.4) is 0 Å². The van der Waals surface area contributed by atoms with E-state index in [-0.39, 0.29) is 10.6 Å². The van der Waals surface area contributed by atoms with Gasteiger partial charge < -0.3 is 9.84 Å². The van der Waals surface area contributed by atoms with Crippen LogP contribution in [0.4, 0.5) is 11.4 Å². The monoisotopic (exact) mass is 247 g/mol. The molecule has 0 spiro atoms.